The summed E-state index contributed by atoms with van der Waals surface area (Å²) in [7, 11) is -5.17. The minimum Gasteiger partial charge on any atom is -0.759 e. The molecule has 0 spiro atoms. The van der Waals surface area contributed by atoms with Crippen LogP contribution in [0.5, 0.6) is 0 Å². The van der Waals surface area contributed by atoms with Crippen LogP contribution < -0.4 is 5.73 Å². The quantitative estimate of drug-likeness (QED) is 0.182. The third-order valence-corrected chi connectivity index (χ3v) is 0. The molecule has 0 aliphatic rings. The van der Waals surface area contributed by atoms with Crippen LogP contribution in [-0.2, 0) is 40.1 Å². The Kier molecular flexibility index (Phi) is 12.8. The third kappa shape index (κ3) is 1920. The average molecular weight is 252 g/mol. The summed E-state index contributed by atoms with van der Waals surface area (Å²) in [6.07, 6.45) is 0. The monoisotopic (exact) mass is 251 g/mol. The van der Waals surface area contributed by atoms with E-state index in [0.29, 0.717) is 0 Å². The molecule has 67 valence electrons. The van der Waals surface area contributed by atoms with Gasteiger partial charge in [0.05, 0.1) is 0 Å². The van der Waals surface area contributed by atoms with E-state index in [2.05, 4.69) is 30.6 Å². The molecule has 0 saturated carbocycles. The van der Waals surface area contributed by atoms with Gasteiger partial charge in [-0.3, -0.25) is 8.42 Å². The van der Waals surface area contributed by atoms with Crippen molar-refractivity contribution in [1.29, 1.82) is 0 Å². The Bertz CT molecular complexity index is 163. The van der Waals surface area contributed by atoms with Crippen LogP contribution in [0.25, 0.3) is 0 Å². The molecule has 0 aromatic heterocycles. The second-order valence-electron chi connectivity index (χ2n) is 0.727. The van der Waals surface area contributed by atoms with Gasteiger partial charge in [-0.05, 0) is 0 Å². The predicted octanol–water partition coefficient (Wildman–Crippen LogP) is -1.56. The molecule has 0 amide bonds. The van der Waals surface area contributed by atoms with Crippen LogP contribution in [-0.4, -0.2) is 21.8 Å². The van der Waals surface area contributed by atoms with E-state index in [0.717, 1.165) is 0 Å². The first-order valence-corrected chi connectivity index (χ1v) is 3.51. The molecule has 0 aliphatic heterocycles. The third-order valence-electron chi connectivity index (χ3n) is 0. The topological polar surface area (TPSA) is 106 Å². The van der Waals surface area contributed by atoms with Gasteiger partial charge in [0.15, 0.2) is 0 Å². The van der Waals surface area contributed by atoms with Crippen LogP contribution in [0.4, 0.5) is 0 Å². The number of hydrogen-bond acceptors (Lipinski definition) is 6. The Morgan fingerprint density at radius 1 is 1.50 bits per heavy atom. The van der Waals surface area contributed by atoms with E-state index in [4.69, 9.17) is 17.5 Å². The summed E-state index contributed by atoms with van der Waals surface area (Å²) < 4.78 is 34.2. The molecule has 0 unspecified atom stereocenters. The van der Waals surface area contributed by atoms with Crippen molar-refractivity contribution in [2.75, 3.05) is 0 Å². The Balaban J connectivity index is -0.0000000910. The molecule has 1 radical (unpaired) electrons. The summed E-state index contributed by atoms with van der Waals surface area (Å²) in [6, 6.07) is 0. The molecule has 0 atom stereocenters. The molecule has 2 N–H and O–H groups in total. The van der Waals surface area contributed by atoms with Crippen LogP contribution in [0.3, 0.4) is 0 Å². The zero-order valence-corrected chi connectivity index (χ0v) is 7.63. The molecule has 0 aliphatic carbocycles. The Hall–Kier alpha value is 0.499. The van der Waals surface area contributed by atoms with Crippen molar-refractivity contribution in [3.05, 3.63) is 0 Å². The fourth-order valence-electron chi connectivity index (χ4n) is 0. The van der Waals surface area contributed by atoms with E-state index in [1.807, 2.05) is 0 Å². The summed E-state index contributed by atoms with van der Waals surface area (Å²) in [5.41, 5.74) is 4.66. The average Bonchev–Trinajstić information content (AvgIpc) is 1.19. The largest absolute Gasteiger partial charge is 0.759 e. The zero-order valence-electron chi connectivity index (χ0n) is 4.24. The van der Waals surface area contributed by atoms with Crippen LogP contribution in [0.1, 0.15) is 0 Å². The van der Waals surface area contributed by atoms with Gasteiger partial charge in [-0.15, -0.1) is 0 Å². The first kappa shape index (κ1) is 16.8. The molecule has 0 fully saturated rings. The van der Waals surface area contributed by atoms with Crippen molar-refractivity contribution in [2.45, 2.75) is 0 Å². The van der Waals surface area contributed by atoms with E-state index in [1.165, 1.54) is 0 Å². The molecule has 9 heteroatoms. The SMILES string of the molecule is NC(=S)[S-].O=S(=O)([O-])[O-].[Cu]. The summed E-state index contributed by atoms with van der Waals surface area (Å²) in [6.45, 7) is 0. The maximum Gasteiger partial charge on any atom is 0.0311 e. The van der Waals surface area contributed by atoms with Gasteiger partial charge in [0, 0.05) is 27.5 Å². The maximum absolute atomic E-state index is 8.52. The number of thiocarbonyl (C=S) groups is 1. The molecule has 0 rings (SSSR count). The van der Waals surface area contributed by atoms with E-state index in [-0.39, 0.29) is 21.4 Å². The van der Waals surface area contributed by atoms with E-state index < -0.39 is 10.4 Å². The van der Waals surface area contributed by atoms with Gasteiger partial charge >= 0.3 is 0 Å². The molecule has 0 bridgehead atoms. The fourth-order valence-corrected chi connectivity index (χ4v) is 0. The number of hydrogen-bond donors (Lipinski definition) is 1. The van der Waals surface area contributed by atoms with Crippen LogP contribution in [0, 0.1) is 0 Å². The number of nitrogens with two attached hydrogens (primary N) is 1. The van der Waals surface area contributed by atoms with Crippen molar-refractivity contribution in [1.82, 2.24) is 0 Å². The first-order valence-electron chi connectivity index (χ1n) is 1.36. The Morgan fingerprint density at radius 2 is 1.50 bits per heavy atom. The van der Waals surface area contributed by atoms with Crippen molar-refractivity contribution in [3.8, 4) is 0 Å². The van der Waals surface area contributed by atoms with E-state index in [9.17, 15) is 0 Å². The smallest absolute Gasteiger partial charge is 0.0311 e. The standard InChI is InChI=1S/CH3NS2.Cu.H2O4S/c2-1(3)4;;1-5(2,3)4/h(H3,2,3,4);;(H2,1,2,3,4)/p-3. The van der Waals surface area contributed by atoms with Crippen molar-refractivity contribution < 1.29 is 34.6 Å². The molecule has 0 saturated heterocycles. The molecule has 5 nitrogen and oxygen atoms in total. The van der Waals surface area contributed by atoms with Gasteiger partial charge in [0.25, 0.3) is 0 Å². The minimum absolute atomic E-state index is 0. The zero-order chi connectivity index (χ0) is 8.08. The van der Waals surface area contributed by atoms with Crippen molar-refractivity contribution in [3.63, 3.8) is 0 Å². The van der Waals surface area contributed by atoms with E-state index >= 15 is 0 Å². The summed E-state index contributed by atoms with van der Waals surface area (Å²) in [4.78, 5) is 0. The van der Waals surface area contributed by atoms with Crippen LogP contribution in [0.15, 0.2) is 0 Å². The van der Waals surface area contributed by atoms with Gasteiger partial charge in [-0.1, -0.05) is 4.32 Å². The van der Waals surface area contributed by atoms with Crippen LogP contribution >= 0.6 is 12.2 Å². The molecule has 0 aromatic rings. The van der Waals surface area contributed by atoms with E-state index in [1.54, 1.807) is 0 Å². The second kappa shape index (κ2) is 7.60. The normalized spacial score (nSPS) is 8.20. The number of rotatable bonds is 0. The van der Waals surface area contributed by atoms with Crippen LogP contribution in [0.2, 0.25) is 0 Å². The summed E-state index contributed by atoms with van der Waals surface area (Å²) >= 11 is 8.26. The van der Waals surface area contributed by atoms with Gasteiger partial charge < -0.3 is 39.7 Å². The first-order chi connectivity index (χ1) is 3.73. The van der Waals surface area contributed by atoms with Crippen molar-refractivity contribution in [2.24, 2.45) is 5.73 Å². The fraction of sp³-hybridized carbons (Fsp3) is 0. The minimum atomic E-state index is -5.17. The molecule has 10 heavy (non-hydrogen) atoms. The van der Waals surface area contributed by atoms with Gasteiger partial charge in [0.2, 0.25) is 0 Å². The Labute approximate surface area is 79.8 Å². The van der Waals surface area contributed by atoms with Gasteiger partial charge in [-0.2, -0.15) is 0 Å². The molecular weight excluding hydrogens is 250 g/mol. The molecule has 0 aromatic carbocycles. The second-order valence-corrected chi connectivity index (χ2v) is 2.68. The molecule has 0 heterocycles. The summed E-state index contributed by atoms with van der Waals surface area (Å²) in [5, 5.41) is 0. The Morgan fingerprint density at radius 3 is 1.50 bits per heavy atom. The molecular formula is CH2CuNO4S3-3. The van der Waals surface area contributed by atoms with Gasteiger partial charge in [0.1, 0.15) is 0 Å². The summed E-state index contributed by atoms with van der Waals surface area (Å²) in [5.74, 6) is 0. The van der Waals surface area contributed by atoms with Crippen molar-refractivity contribution >= 4 is 39.6 Å². The van der Waals surface area contributed by atoms with Gasteiger partial charge in [-0.25, -0.2) is 0 Å². The maximum atomic E-state index is 8.52. The predicted molar refractivity (Wildman–Crippen MR) is 34.6 cm³/mol.